The Morgan fingerprint density at radius 1 is 0.550 bits per heavy atom. The van der Waals surface area contributed by atoms with Crippen molar-refractivity contribution >= 4 is 27.5 Å². The van der Waals surface area contributed by atoms with E-state index in [1.807, 2.05) is 108 Å². The molecule has 7 nitrogen and oxygen atoms in total. The number of hydrogen-bond acceptors (Lipinski definition) is 5. The van der Waals surface area contributed by atoms with Gasteiger partial charge in [-0.15, -0.1) is 0 Å². The van der Waals surface area contributed by atoms with Gasteiger partial charge in [-0.2, -0.15) is 9.97 Å². The molecule has 40 heavy (non-hydrogen) atoms. The molecule has 0 unspecified atom stereocenters. The molecule has 7 rings (SSSR count). The molecule has 7 aromatic rings. The molecule has 2 heterocycles. The van der Waals surface area contributed by atoms with Crippen LogP contribution in [0.3, 0.4) is 0 Å². The summed E-state index contributed by atoms with van der Waals surface area (Å²) in [5, 5.41) is 13.7. The fourth-order valence-corrected chi connectivity index (χ4v) is 5.13. The number of hydrogen-bond donors (Lipinski definition) is 0. The van der Waals surface area contributed by atoms with E-state index in [4.69, 9.17) is 15.0 Å². The van der Waals surface area contributed by atoms with Gasteiger partial charge in [0.2, 0.25) is 5.95 Å². The number of nitrogens with zero attached hydrogens (tertiary/aromatic N) is 5. The summed E-state index contributed by atoms with van der Waals surface area (Å²) >= 11 is 0. The first-order chi connectivity index (χ1) is 19.7. The molecule has 0 aliphatic rings. The summed E-state index contributed by atoms with van der Waals surface area (Å²) in [6, 6.07) is 40.5. The molecule has 7 heteroatoms. The third-order valence-corrected chi connectivity index (χ3v) is 6.97. The van der Waals surface area contributed by atoms with Crippen LogP contribution in [-0.4, -0.2) is 24.4 Å². The van der Waals surface area contributed by atoms with E-state index in [2.05, 4.69) is 6.07 Å². The molecule has 2 aromatic heterocycles. The average molecular weight is 520 g/mol. The minimum absolute atomic E-state index is 0.0723. The van der Waals surface area contributed by atoms with Crippen LogP contribution >= 0.6 is 0 Å². The van der Waals surface area contributed by atoms with E-state index in [0.29, 0.717) is 23.2 Å². The Labute approximate surface area is 229 Å². The molecule has 0 atom stereocenters. The maximum Gasteiger partial charge on any atom is 0.277 e. The smallest absolute Gasteiger partial charge is 0.277 e. The molecule has 0 aliphatic heterocycles. The zero-order chi connectivity index (χ0) is 27.1. The van der Waals surface area contributed by atoms with Crippen molar-refractivity contribution in [3.05, 3.63) is 138 Å². The molecule has 0 radical (unpaired) electrons. The lowest BCUT2D eigenvalue weighted by atomic mass is 10.0. The highest BCUT2D eigenvalue weighted by Gasteiger charge is 2.20. The third-order valence-electron chi connectivity index (χ3n) is 6.97. The molecule has 0 fully saturated rings. The number of nitro benzene ring substituents is 1. The van der Waals surface area contributed by atoms with Crippen LogP contribution in [0.1, 0.15) is 0 Å². The predicted molar refractivity (Wildman–Crippen MR) is 157 cm³/mol. The van der Waals surface area contributed by atoms with Crippen molar-refractivity contribution in [3.8, 4) is 39.9 Å². The van der Waals surface area contributed by atoms with Gasteiger partial charge in [-0.1, -0.05) is 97.1 Å². The number of benzene rings is 5. The Morgan fingerprint density at radius 3 is 1.80 bits per heavy atom. The number of aromatic nitrogens is 4. The van der Waals surface area contributed by atoms with Crippen LogP contribution in [-0.2, 0) is 0 Å². The van der Waals surface area contributed by atoms with E-state index in [1.54, 1.807) is 12.1 Å². The second-order valence-corrected chi connectivity index (χ2v) is 9.37. The lowest BCUT2D eigenvalue weighted by Gasteiger charge is -2.11. The molecule has 0 bridgehead atoms. The van der Waals surface area contributed by atoms with E-state index in [9.17, 15) is 10.1 Å². The van der Waals surface area contributed by atoms with E-state index in [-0.39, 0.29) is 10.6 Å². The highest BCUT2D eigenvalue weighted by atomic mass is 16.6. The number of rotatable bonds is 5. The van der Waals surface area contributed by atoms with Gasteiger partial charge in [0.25, 0.3) is 5.69 Å². The van der Waals surface area contributed by atoms with Gasteiger partial charge in [0.1, 0.15) is 0 Å². The zero-order valence-electron chi connectivity index (χ0n) is 21.2. The molecule has 0 saturated carbocycles. The van der Waals surface area contributed by atoms with Crippen LogP contribution in [0.25, 0.3) is 61.7 Å². The molecule has 0 amide bonds. The van der Waals surface area contributed by atoms with Gasteiger partial charge in [0.05, 0.1) is 21.5 Å². The second-order valence-electron chi connectivity index (χ2n) is 9.37. The van der Waals surface area contributed by atoms with Gasteiger partial charge in [0, 0.05) is 28.0 Å². The monoisotopic (exact) mass is 519 g/mol. The Morgan fingerprint density at radius 2 is 1.12 bits per heavy atom. The third kappa shape index (κ3) is 3.97. The standard InChI is InChI=1S/C33H21N5O2/c39-38(40)30-18-10-7-15-25(30)24-19-20-29-27(21-24)26-16-8-9-17-28(26)37(29)33-35-31(22-11-3-1-4-12-22)34-32(36-33)23-13-5-2-6-14-23/h1-21H. The van der Waals surface area contributed by atoms with Crippen LogP contribution in [0, 0.1) is 10.1 Å². The molecule has 0 saturated heterocycles. The van der Waals surface area contributed by atoms with Crippen molar-refractivity contribution < 1.29 is 4.92 Å². The predicted octanol–water partition coefficient (Wildman–Crippen LogP) is 7.88. The Bertz CT molecular complexity index is 1980. The van der Waals surface area contributed by atoms with Crippen molar-refractivity contribution in [1.29, 1.82) is 0 Å². The topological polar surface area (TPSA) is 86.7 Å². The van der Waals surface area contributed by atoms with Crippen LogP contribution in [0.15, 0.2) is 127 Å². The van der Waals surface area contributed by atoms with Gasteiger partial charge < -0.3 is 0 Å². The highest BCUT2D eigenvalue weighted by molar-refractivity contribution is 6.10. The fourth-order valence-electron chi connectivity index (χ4n) is 5.13. The van der Waals surface area contributed by atoms with Gasteiger partial charge in [-0.3, -0.25) is 14.7 Å². The first-order valence-electron chi connectivity index (χ1n) is 12.8. The van der Waals surface area contributed by atoms with Crippen molar-refractivity contribution in [2.24, 2.45) is 0 Å². The van der Waals surface area contributed by atoms with Crippen molar-refractivity contribution in [2.45, 2.75) is 0 Å². The first kappa shape index (κ1) is 23.4. The van der Waals surface area contributed by atoms with E-state index in [0.717, 1.165) is 38.5 Å². The summed E-state index contributed by atoms with van der Waals surface area (Å²) in [5.74, 6) is 1.65. The minimum atomic E-state index is -0.343. The number of para-hydroxylation sites is 2. The second kappa shape index (κ2) is 9.56. The minimum Gasteiger partial charge on any atom is -0.278 e. The lowest BCUT2D eigenvalue weighted by Crippen LogP contribution is -2.06. The van der Waals surface area contributed by atoms with Gasteiger partial charge in [-0.05, 0) is 29.8 Å². The molecular weight excluding hydrogens is 498 g/mol. The van der Waals surface area contributed by atoms with Crippen LogP contribution in [0.2, 0.25) is 0 Å². The van der Waals surface area contributed by atoms with E-state index >= 15 is 0 Å². The molecular formula is C33H21N5O2. The highest BCUT2D eigenvalue weighted by Crippen LogP contribution is 2.37. The first-order valence-corrected chi connectivity index (χ1v) is 12.8. The van der Waals surface area contributed by atoms with Crippen molar-refractivity contribution in [3.63, 3.8) is 0 Å². The average Bonchev–Trinajstić information content (AvgIpc) is 3.35. The summed E-state index contributed by atoms with van der Waals surface area (Å²) in [6.07, 6.45) is 0. The normalized spacial score (nSPS) is 11.2. The molecule has 0 N–H and O–H groups in total. The van der Waals surface area contributed by atoms with Crippen molar-refractivity contribution in [2.75, 3.05) is 0 Å². The number of fused-ring (bicyclic) bond motifs is 3. The zero-order valence-corrected chi connectivity index (χ0v) is 21.2. The molecule has 0 aliphatic carbocycles. The Kier molecular flexibility index (Phi) is 5.60. The van der Waals surface area contributed by atoms with Crippen LogP contribution in [0.5, 0.6) is 0 Å². The summed E-state index contributed by atoms with van der Waals surface area (Å²) in [4.78, 5) is 26.1. The van der Waals surface area contributed by atoms with Gasteiger partial charge >= 0.3 is 0 Å². The lowest BCUT2D eigenvalue weighted by molar-refractivity contribution is -0.384. The summed E-state index contributed by atoms with van der Waals surface area (Å²) in [5.41, 5.74) is 5.03. The van der Waals surface area contributed by atoms with Gasteiger partial charge in [0.15, 0.2) is 11.6 Å². The summed E-state index contributed by atoms with van der Waals surface area (Å²) in [6.45, 7) is 0. The summed E-state index contributed by atoms with van der Waals surface area (Å²) in [7, 11) is 0. The van der Waals surface area contributed by atoms with Crippen LogP contribution < -0.4 is 0 Å². The Balaban J connectivity index is 1.50. The van der Waals surface area contributed by atoms with E-state index < -0.39 is 0 Å². The molecule has 5 aromatic carbocycles. The fraction of sp³-hybridized carbons (Fsp3) is 0. The molecule has 190 valence electrons. The maximum atomic E-state index is 11.7. The number of nitro groups is 1. The quantitative estimate of drug-likeness (QED) is 0.171. The SMILES string of the molecule is O=[N+]([O-])c1ccccc1-c1ccc2c(c1)c1ccccc1n2-c1nc(-c2ccccc2)nc(-c2ccccc2)n1. The largest absolute Gasteiger partial charge is 0.278 e. The Hall–Kier alpha value is -5.69. The maximum absolute atomic E-state index is 11.7. The van der Waals surface area contributed by atoms with E-state index in [1.165, 1.54) is 6.07 Å². The van der Waals surface area contributed by atoms with Crippen molar-refractivity contribution in [1.82, 2.24) is 19.5 Å². The molecule has 0 spiro atoms. The summed E-state index contributed by atoms with van der Waals surface area (Å²) < 4.78 is 2.04. The van der Waals surface area contributed by atoms with Gasteiger partial charge in [-0.25, -0.2) is 4.98 Å². The van der Waals surface area contributed by atoms with Crippen LogP contribution in [0.4, 0.5) is 5.69 Å².